The molecule has 1 aliphatic heterocycles. The number of carbonyl (C=O) groups excluding carboxylic acids is 1. The van der Waals surface area contributed by atoms with Gasteiger partial charge in [-0.15, -0.1) is 11.3 Å². The molecule has 1 aromatic rings. The molecule has 118 valence electrons. The summed E-state index contributed by atoms with van der Waals surface area (Å²) in [6, 6.07) is 0.172. The third-order valence-corrected chi connectivity index (χ3v) is 5.17. The summed E-state index contributed by atoms with van der Waals surface area (Å²) in [4.78, 5) is 16.6. The number of thiazole rings is 1. The Morgan fingerprint density at radius 2 is 2.33 bits per heavy atom. The van der Waals surface area contributed by atoms with E-state index < -0.39 is 0 Å². The van der Waals surface area contributed by atoms with Crippen LogP contribution in [0.3, 0.4) is 0 Å². The smallest absolute Gasteiger partial charge is 0.270 e. The first-order valence-corrected chi connectivity index (χ1v) is 8.59. The van der Waals surface area contributed by atoms with E-state index >= 15 is 0 Å². The topological polar surface area (TPSA) is 77.2 Å². The van der Waals surface area contributed by atoms with Gasteiger partial charge in [0.25, 0.3) is 5.91 Å². The molecule has 6 heteroatoms. The highest BCUT2D eigenvalue weighted by Crippen LogP contribution is 2.31. The first-order chi connectivity index (χ1) is 10.1. The Morgan fingerprint density at radius 3 is 3.00 bits per heavy atom. The van der Waals surface area contributed by atoms with Crippen molar-refractivity contribution in [1.82, 2.24) is 10.3 Å². The van der Waals surface area contributed by atoms with Crippen molar-refractivity contribution in [3.63, 3.8) is 0 Å². The maximum absolute atomic E-state index is 12.3. The number of rotatable bonds is 6. The van der Waals surface area contributed by atoms with Crippen LogP contribution in [0.2, 0.25) is 0 Å². The SMILES string of the molecule is CCC1(CC)CC(NC(=O)c2csc(CCN)n2)CCO1. The zero-order valence-electron chi connectivity index (χ0n) is 12.9. The first-order valence-electron chi connectivity index (χ1n) is 7.71. The normalized spacial score (nSPS) is 21.2. The van der Waals surface area contributed by atoms with Crippen LogP contribution >= 0.6 is 11.3 Å². The lowest BCUT2D eigenvalue weighted by Crippen LogP contribution is -2.48. The van der Waals surface area contributed by atoms with E-state index in [2.05, 4.69) is 24.1 Å². The minimum absolute atomic E-state index is 0.0804. The highest BCUT2D eigenvalue weighted by molar-refractivity contribution is 7.09. The quantitative estimate of drug-likeness (QED) is 0.843. The molecule has 21 heavy (non-hydrogen) atoms. The van der Waals surface area contributed by atoms with E-state index in [4.69, 9.17) is 10.5 Å². The van der Waals surface area contributed by atoms with Gasteiger partial charge in [0.15, 0.2) is 0 Å². The Labute approximate surface area is 130 Å². The molecule has 1 amide bonds. The van der Waals surface area contributed by atoms with Gasteiger partial charge in [-0.3, -0.25) is 4.79 Å². The van der Waals surface area contributed by atoms with Crippen molar-refractivity contribution in [3.8, 4) is 0 Å². The van der Waals surface area contributed by atoms with Crippen LogP contribution in [0.4, 0.5) is 0 Å². The molecule has 0 saturated carbocycles. The van der Waals surface area contributed by atoms with E-state index in [9.17, 15) is 4.79 Å². The van der Waals surface area contributed by atoms with E-state index in [0.717, 1.165) is 37.1 Å². The van der Waals surface area contributed by atoms with Crippen molar-refractivity contribution >= 4 is 17.2 Å². The van der Waals surface area contributed by atoms with Crippen LogP contribution in [-0.4, -0.2) is 35.7 Å². The number of hydrogen-bond acceptors (Lipinski definition) is 5. The molecule has 0 radical (unpaired) electrons. The van der Waals surface area contributed by atoms with Gasteiger partial charge in [0.05, 0.1) is 10.6 Å². The van der Waals surface area contributed by atoms with Crippen LogP contribution in [0.5, 0.6) is 0 Å². The van der Waals surface area contributed by atoms with Crippen molar-refractivity contribution in [1.29, 1.82) is 0 Å². The third kappa shape index (κ3) is 4.02. The van der Waals surface area contributed by atoms with E-state index in [-0.39, 0.29) is 17.6 Å². The number of aromatic nitrogens is 1. The molecule has 5 nitrogen and oxygen atoms in total. The molecule has 0 aromatic carbocycles. The van der Waals surface area contributed by atoms with Gasteiger partial charge in [-0.05, 0) is 32.2 Å². The summed E-state index contributed by atoms with van der Waals surface area (Å²) in [7, 11) is 0. The molecule has 1 unspecified atom stereocenters. The van der Waals surface area contributed by atoms with Crippen LogP contribution in [-0.2, 0) is 11.2 Å². The molecule has 0 aliphatic carbocycles. The molecular formula is C15H25N3O2S. The van der Waals surface area contributed by atoms with Crippen molar-refractivity contribution in [3.05, 3.63) is 16.1 Å². The van der Waals surface area contributed by atoms with E-state index in [0.29, 0.717) is 18.8 Å². The number of amides is 1. The number of hydrogen-bond donors (Lipinski definition) is 2. The molecule has 2 rings (SSSR count). The van der Waals surface area contributed by atoms with E-state index in [1.165, 1.54) is 11.3 Å². The van der Waals surface area contributed by atoms with Gasteiger partial charge in [0.2, 0.25) is 0 Å². The predicted octanol–water partition coefficient (Wildman–Crippen LogP) is 2.11. The van der Waals surface area contributed by atoms with Gasteiger partial charge >= 0.3 is 0 Å². The monoisotopic (exact) mass is 311 g/mol. The second kappa shape index (κ2) is 7.33. The molecule has 1 saturated heterocycles. The highest BCUT2D eigenvalue weighted by Gasteiger charge is 2.35. The van der Waals surface area contributed by atoms with Gasteiger partial charge in [-0.2, -0.15) is 0 Å². The lowest BCUT2D eigenvalue weighted by Gasteiger charge is -2.40. The number of nitrogens with one attached hydrogen (secondary N) is 1. The fraction of sp³-hybridized carbons (Fsp3) is 0.733. The Kier molecular flexibility index (Phi) is 5.72. The van der Waals surface area contributed by atoms with E-state index in [1.807, 2.05) is 5.38 Å². The van der Waals surface area contributed by atoms with E-state index in [1.54, 1.807) is 0 Å². The van der Waals surface area contributed by atoms with Crippen LogP contribution < -0.4 is 11.1 Å². The molecule has 3 N–H and O–H groups in total. The second-order valence-corrected chi connectivity index (χ2v) is 6.51. The molecule has 0 bridgehead atoms. The summed E-state index contributed by atoms with van der Waals surface area (Å²) in [5.74, 6) is -0.0810. The standard InChI is InChI=1S/C15H25N3O2S/c1-3-15(4-2)9-11(6-8-20-15)17-14(19)12-10-21-13(18-12)5-7-16/h10-11H,3-9,16H2,1-2H3,(H,17,19). The summed E-state index contributed by atoms with van der Waals surface area (Å²) < 4.78 is 5.94. The first kappa shape index (κ1) is 16.4. The summed E-state index contributed by atoms with van der Waals surface area (Å²) in [6.45, 7) is 5.56. The highest BCUT2D eigenvalue weighted by atomic mass is 32.1. The van der Waals surface area contributed by atoms with Crippen LogP contribution in [0.1, 0.15) is 55.0 Å². The Morgan fingerprint density at radius 1 is 1.57 bits per heavy atom. The zero-order valence-corrected chi connectivity index (χ0v) is 13.7. The minimum Gasteiger partial charge on any atom is -0.375 e. The van der Waals surface area contributed by atoms with Gasteiger partial charge in [0, 0.05) is 24.4 Å². The summed E-state index contributed by atoms with van der Waals surface area (Å²) in [6.07, 6.45) is 4.43. The number of ether oxygens (including phenoxy) is 1. The van der Waals surface area contributed by atoms with Crippen LogP contribution in [0.15, 0.2) is 5.38 Å². The fourth-order valence-corrected chi connectivity index (χ4v) is 3.60. The number of nitrogens with two attached hydrogens (primary N) is 1. The Balaban J connectivity index is 1.95. The molecule has 2 heterocycles. The lowest BCUT2D eigenvalue weighted by molar-refractivity contribution is -0.0917. The third-order valence-electron chi connectivity index (χ3n) is 4.26. The Bertz CT molecular complexity index is 471. The zero-order chi connectivity index (χ0) is 15.3. The summed E-state index contributed by atoms with van der Waals surface area (Å²) in [5, 5.41) is 5.84. The summed E-state index contributed by atoms with van der Waals surface area (Å²) in [5.41, 5.74) is 5.94. The number of carbonyl (C=O) groups is 1. The molecule has 1 fully saturated rings. The average molecular weight is 311 g/mol. The van der Waals surface area contributed by atoms with Gasteiger partial charge in [0.1, 0.15) is 5.69 Å². The maximum Gasteiger partial charge on any atom is 0.270 e. The van der Waals surface area contributed by atoms with Crippen molar-refractivity contribution < 1.29 is 9.53 Å². The van der Waals surface area contributed by atoms with Crippen molar-refractivity contribution in [2.75, 3.05) is 13.2 Å². The maximum atomic E-state index is 12.3. The summed E-state index contributed by atoms with van der Waals surface area (Å²) >= 11 is 1.50. The molecule has 1 atom stereocenters. The predicted molar refractivity (Wildman–Crippen MR) is 84.6 cm³/mol. The average Bonchev–Trinajstić information content (AvgIpc) is 2.96. The van der Waals surface area contributed by atoms with Crippen LogP contribution in [0, 0.1) is 0 Å². The lowest BCUT2D eigenvalue weighted by atomic mass is 9.86. The largest absolute Gasteiger partial charge is 0.375 e. The Hall–Kier alpha value is -0.980. The molecule has 1 aliphatic rings. The van der Waals surface area contributed by atoms with Gasteiger partial charge < -0.3 is 15.8 Å². The van der Waals surface area contributed by atoms with Crippen molar-refractivity contribution in [2.24, 2.45) is 5.73 Å². The second-order valence-electron chi connectivity index (χ2n) is 5.57. The van der Waals surface area contributed by atoms with Gasteiger partial charge in [-0.1, -0.05) is 13.8 Å². The molecule has 1 aromatic heterocycles. The fourth-order valence-electron chi connectivity index (χ4n) is 2.81. The number of nitrogens with zero attached hydrogens (tertiary/aromatic N) is 1. The van der Waals surface area contributed by atoms with Gasteiger partial charge in [-0.25, -0.2) is 4.98 Å². The van der Waals surface area contributed by atoms with Crippen LogP contribution in [0.25, 0.3) is 0 Å². The minimum atomic E-state index is -0.0810. The van der Waals surface area contributed by atoms with Crippen molar-refractivity contribution in [2.45, 2.75) is 57.6 Å². The molecule has 0 spiro atoms. The molecular weight excluding hydrogens is 286 g/mol.